The van der Waals surface area contributed by atoms with Gasteiger partial charge in [0.2, 0.25) is 0 Å². The Morgan fingerprint density at radius 1 is 1.16 bits per heavy atom. The van der Waals surface area contributed by atoms with Crippen LogP contribution in [0.25, 0.3) is 0 Å². The third-order valence-corrected chi connectivity index (χ3v) is 6.38. The highest BCUT2D eigenvalue weighted by atomic mass is 16.6. The molecule has 0 bridgehead atoms. The van der Waals surface area contributed by atoms with E-state index in [1.165, 1.54) is 24.8 Å². The molecular weight excluding hydrogens is 406 g/mol. The topological polar surface area (TPSA) is 78.4 Å². The summed E-state index contributed by atoms with van der Waals surface area (Å²) >= 11 is 0. The second kappa shape index (κ2) is 12.5. The molecule has 32 heavy (non-hydrogen) atoms. The number of hydrogen-bond acceptors (Lipinski definition) is 5. The number of guanidine groups is 1. The van der Waals surface area contributed by atoms with Gasteiger partial charge in [-0.15, -0.1) is 0 Å². The number of carbonyl (C=O) groups is 1. The van der Waals surface area contributed by atoms with E-state index in [4.69, 9.17) is 9.47 Å². The molecule has 0 radical (unpaired) electrons. The van der Waals surface area contributed by atoms with Crippen molar-refractivity contribution in [1.29, 1.82) is 0 Å². The van der Waals surface area contributed by atoms with E-state index in [-0.39, 0.29) is 18.2 Å². The number of piperidine rings is 2. The minimum atomic E-state index is -0.213. The maximum Gasteiger partial charge on any atom is 0.409 e. The number of nitrogens with one attached hydrogen (secondary N) is 2. The molecule has 1 unspecified atom stereocenters. The van der Waals surface area contributed by atoms with Gasteiger partial charge in [-0.3, -0.25) is 9.89 Å². The lowest BCUT2D eigenvalue weighted by Gasteiger charge is -2.36. The number of hydrogen-bond donors (Lipinski definition) is 2. The summed E-state index contributed by atoms with van der Waals surface area (Å²) in [6, 6.07) is 8.81. The number of rotatable bonds is 7. The number of benzene rings is 1. The molecule has 2 aliphatic heterocycles. The molecule has 0 saturated carbocycles. The molecule has 3 rings (SSSR count). The first-order valence-electron chi connectivity index (χ1n) is 11.9. The van der Waals surface area contributed by atoms with E-state index in [1.54, 1.807) is 12.0 Å². The van der Waals surface area contributed by atoms with Gasteiger partial charge >= 0.3 is 6.09 Å². The van der Waals surface area contributed by atoms with E-state index >= 15 is 0 Å². The Balaban J connectivity index is 1.59. The Morgan fingerprint density at radius 3 is 2.53 bits per heavy atom. The summed E-state index contributed by atoms with van der Waals surface area (Å²) in [5, 5.41) is 7.10. The second-order valence-corrected chi connectivity index (χ2v) is 8.41. The highest BCUT2D eigenvalue weighted by molar-refractivity contribution is 5.80. The molecule has 1 aromatic rings. The molecule has 0 spiro atoms. The van der Waals surface area contributed by atoms with Crippen LogP contribution >= 0.6 is 0 Å². The van der Waals surface area contributed by atoms with E-state index in [1.807, 2.05) is 26.1 Å². The molecule has 0 aliphatic carbocycles. The van der Waals surface area contributed by atoms with Gasteiger partial charge in [-0.05, 0) is 51.8 Å². The first-order valence-corrected chi connectivity index (χ1v) is 11.9. The molecule has 2 heterocycles. The van der Waals surface area contributed by atoms with Gasteiger partial charge in [0.25, 0.3) is 0 Å². The van der Waals surface area contributed by atoms with Crippen molar-refractivity contribution < 1.29 is 14.3 Å². The normalized spacial score (nSPS) is 19.3. The van der Waals surface area contributed by atoms with Crippen LogP contribution in [-0.4, -0.2) is 81.4 Å². The minimum Gasteiger partial charge on any atom is -0.496 e. The zero-order valence-electron chi connectivity index (χ0n) is 19.8. The van der Waals surface area contributed by atoms with Crippen molar-refractivity contribution in [3.8, 4) is 5.75 Å². The lowest BCUT2D eigenvalue weighted by atomic mass is 10.0. The van der Waals surface area contributed by atoms with Gasteiger partial charge in [-0.25, -0.2) is 4.79 Å². The number of methoxy groups -OCH3 is 1. The van der Waals surface area contributed by atoms with Crippen molar-refractivity contribution in [1.82, 2.24) is 20.4 Å². The number of para-hydroxylation sites is 1. The number of ether oxygens (including phenoxy) is 2. The Bertz CT molecular complexity index is 743. The summed E-state index contributed by atoms with van der Waals surface area (Å²) in [6.45, 7) is 6.60. The fourth-order valence-corrected chi connectivity index (χ4v) is 4.61. The largest absolute Gasteiger partial charge is 0.496 e. The monoisotopic (exact) mass is 445 g/mol. The van der Waals surface area contributed by atoms with Crippen LogP contribution in [-0.2, 0) is 4.74 Å². The Hall–Kier alpha value is -2.48. The van der Waals surface area contributed by atoms with E-state index in [9.17, 15) is 4.79 Å². The van der Waals surface area contributed by atoms with Gasteiger partial charge < -0.3 is 25.0 Å². The number of amides is 1. The van der Waals surface area contributed by atoms with Crippen molar-refractivity contribution in [2.45, 2.75) is 51.1 Å². The third kappa shape index (κ3) is 6.51. The van der Waals surface area contributed by atoms with Gasteiger partial charge in [0.15, 0.2) is 5.96 Å². The van der Waals surface area contributed by atoms with E-state index in [2.05, 4.69) is 32.7 Å². The van der Waals surface area contributed by atoms with Crippen LogP contribution < -0.4 is 15.4 Å². The molecule has 8 nitrogen and oxygen atoms in total. The maximum atomic E-state index is 11.9. The van der Waals surface area contributed by atoms with Crippen LogP contribution in [0.4, 0.5) is 4.79 Å². The van der Waals surface area contributed by atoms with E-state index in [0.717, 1.165) is 44.2 Å². The minimum absolute atomic E-state index is 0.213. The number of likely N-dealkylation sites (tertiary alicyclic amines) is 2. The highest BCUT2D eigenvalue weighted by Gasteiger charge is 2.27. The van der Waals surface area contributed by atoms with Crippen LogP contribution in [0.15, 0.2) is 29.3 Å². The molecule has 0 aromatic heterocycles. The van der Waals surface area contributed by atoms with Crippen LogP contribution in [0, 0.1) is 0 Å². The average molecular weight is 446 g/mol. The van der Waals surface area contributed by atoms with Crippen molar-refractivity contribution in [2.75, 3.05) is 53.5 Å². The maximum absolute atomic E-state index is 11.9. The van der Waals surface area contributed by atoms with Crippen LogP contribution in [0.1, 0.15) is 50.6 Å². The molecule has 1 aromatic carbocycles. The first-order chi connectivity index (χ1) is 15.7. The lowest BCUT2D eigenvalue weighted by Crippen LogP contribution is -2.51. The summed E-state index contributed by atoms with van der Waals surface area (Å²) in [5.41, 5.74) is 1.21. The molecular formula is C24H39N5O3. The Morgan fingerprint density at radius 2 is 1.88 bits per heavy atom. The predicted octanol–water partition coefficient (Wildman–Crippen LogP) is 3.01. The molecule has 8 heteroatoms. The average Bonchev–Trinajstić information content (AvgIpc) is 2.85. The first kappa shape index (κ1) is 24.2. The molecule has 2 N–H and O–H groups in total. The van der Waals surface area contributed by atoms with Gasteiger partial charge in [-0.1, -0.05) is 24.6 Å². The van der Waals surface area contributed by atoms with E-state index in [0.29, 0.717) is 19.7 Å². The van der Waals surface area contributed by atoms with Gasteiger partial charge in [0.1, 0.15) is 5.75 Å². The predicted molar refractivity (Wildman–Crippen MR) is 127 cm³/mol. The number of carbonyl (C=O) groups excluding carboxylic acids is 1. The molecule has 2 aliphatic rings. The molecule has 2 fully saturated rings. The summed E-state index contributed by atoms with van der Waals surface area (Å²) in [5.74, 6) is 1.73. The SMILES string of the molecule is CCOC(=O)N1CCC(NC(=NC)NCC(c2ccccc2OC)N2CCCCC2)CC1. The summed E-state index contributed by atoms with van der Waals surface area (Å²) < 4.78 is 10.8. The molecule has 2 saturated heterocycles. The van der Waals surface area contributed by atoms with Crippen LogP contribution in [0.2, 0.25) is 0 Å². The second-order valence-electron chi connectivity index (χ2n) is 8.41. The Kier molecular flexibility index (Phi) is 9.46. The van der Waals surface area contributed by atoms with Gasteiger partial charge in [0, 0.05) is 38.3 Å². The quantitative estimate of drug-likeness (QED) is 0.496. The summed E-state index contributed by atoms with van der Waals surface area (Å²) in [7, 11) is 3.55. The summed E-state index contributed by atoms with van der Waals surface area (Å²) in [4.78, 5) is 20.7. The lowest BCUT2D eigenvalue weighted by molar-refractivity contribution is 0.0963. The molecule has 1 amide bonds. The summed E-state index contributed by atoms with van der Waals surface area (Å²) in [6.07, 6.45) is 5.31. The van der Waals surface area contributed by atoms with Crippen LogP contribution in [0.5, 0.6) is 5.75 Å². The molecule has 1 atom stereocenters. The van der Waals surface area contributed by atoms with Crippen molar-refractivity contribution in [3.05, 3.63) is 29.8 Å². The zero-order chi connectivity index (χ0) is 22.8. The van der Waals surface area contributed by atoms with Gasteiger partial charge in [0.05, 0.1) is 19.8 Å². The fourth-order valence-electron chi connectivity index (χ4n) is 4.61. The standard InChI is InChI=1S/C24H39N5O3/c1-4-32-24(30)29-16-12-19(13-17-29)27-23(25-2)26-18-21(28-14-8-5-9-15-28)20-10-6-7-11-22(20)31-3/h6-7,10-11,19,21H,4-5,8-9,12-18H2,1-3H3,(H2,25,26,27). The highest BCUT2D eigenvalue weighted by Crippen LogP contribution is 2.30. The van der Waals surface area contributed by atoms with Crippen LogP contribution in [0.3, 0.4) is 0 Å². The number of aliphatic imine (C=N–C) groups is 1. The van der Waals surface area contributed by atoms with Gasteiger partial charge in [-0.2, -0.15) is 0 Å². The molecule has 178 valence electrons. The fraction of sp³-hybridized carbons (Fsp3) is 0.667. The van der Waals surface area contributed by atoms with Crippen molar-refractivity contribution in [3.63, 3.8) is 0 Å². The zero-order valence-corrected chi connectivity index (χ0v) is 19.8. The van der Waals surface area contributed by atoms with E-state index < -0.39 is 0 Å². The van der Waals surface area contributed by atoms with Crippen molar-refractivity contribution in [2.24, 2.45) is 4.99 Å². The van der Waals surface area contributed by atoms with Crippen molar-refractivity contribution >= 4 is 12.1 Å². The number of nitrogens with zero attached hydrogens (tertiary/aromatic N) is 3. The Labute approximate surface area is 192 Å². The third-order valence-electron chi connectivity index (χ3n) is 6.38. The smallest absolute Gasteiger partial charge is 0.409 e.